The van der Waals surface area contributed by atoms with Crippen LogP contribution >= 0.6 is 0 Å². The van der Waals surface area contributed by atoms with Crippen LogP contribution in [-0.2, 0) is 26.4 Å². The van der Waals surface area contributed by atoms with Crippen molar-refractivity contribution in [2.24, 2.45) is 12.5 Å². The van der Waals surface area contributed by atoms with Crippen LogP contribution in [0.1, 0.15) is 42.0 Å². The highest BCUT2D eigenvalue weighted by Gasteiger charge is 2.32. The van der Waals surface area contributed by atoms with Crippen molar-refractivity contribution in [1.82, 2.24) is 14.3 Å². The molecule has 0 saturated heterocycles. The Morgan fingerprint density at radius 3 is 2.80 bits per heavy atom. The van der Waals surface area contributed by atoms with E-state index in [4.69, 9.17) is 0 Å². The van der Waals surface area contributed by atoms with Gasteiger partial charge in [-0.3, -0.25) is 9.48 Å². The third-order valence-corrected chi connectivity index (χ3v) is 4.20. The number of hydrogen-bond donors (Lipinski definition) is 0. The van der Waals surface area contributed by atoms with E-state index in [1.165, 1.54) is 11.4 Å². The fourth-order valence-electron chi connectivity index (χ4n) is 3.09. The van der Waals surface area contributed by atoms with Crippen LogP contribution in [0.5, 0.6) is 0 Å². The second-order valence-electron chi connectivity index (χ2n) is 6.51. The summed E-state index contributed by atoms with van der Waals surface area (Å²) >= 11 is 0. The first-order valence-corrected chi connectivity index (χ1v) is 7.14. The third kappa shape index (κ3) is 2.30. The number of carbonyl (C=O) groups excluding carboxylic acids is 1. The zero-order valence-corrected chi connectivity index (χ0v) is 12.4. The van der Waals surface area contributed by atoms with Crippen LogP contribution in [0.15, 0.2) is 24.5 Å². The van der Waals surface area contributed by atoms with E-state index in [9.17, 15) is 4.79 Å². The summed E-state index contributed by atoms with van der Waals surface area (Å²) in [7, 11) is 1.97. The summed E-state index contributed by atoms with van der Waals surface area (Å²) in [4.78, 5) is 12.2. The van der Waals surface area contributed by atoms with Gasteiger partial charge in [-0.25, -0.2) is 0 Å². The van der Waals surface area contributed by atoms with E-state index in [0.717, 1.165) is 24.9 Å². The van der Waals surface area contributed by atoms with Crippen LogP contribution in [0.3, 0.4) is 0 Å². The van der Waals surface area contributed by atoms with Crippen molar-refractivity contribution in [1.29, 1.82) is 0 Å². The zero-order chi connectivity index (χ0) is 14.3. The molecule has 0 amide bonds. The lowest BCUT2D eigenvalue weighted by atomic mass is 9.76. The van der Waals surface area contributed by atoms with Crippen molar-refractivity contribution in [3.8, 4) is 0 Å². The quantitative estimate of drug-likeness (QED) is 0.861. The second kappa shape index (κ2) is 4.62. The van der Waals surface area contributed by atoms with Gasteiger partial charge in [-0.2, -0.15) is 5.10 Å². The molecule has 2 heterocycles. The van der Waals surface area contributed by atoms with Gasteiger partial charge in [0.15, 0.2) is 5.78 Å². The van der Waals surface area contributed by atoms with Crippen molar-refractivity contribution in [3.05, 3.63) is 41.5 Å². The topological polar surface area (TPSA) is 39.8 Å². The Morgan fingerprint density at radius 1 is 1.30 bits per heavy atom. The van der Waals surface area contributed by atoms with Crippen LogP contribution in [0.4, 0.5) is 0 Å². The highest BCUT2D eigenvalue weighted by atomic mass is 16.1. The lowest BCUT2D eigenvalue weighted by Crippen LogP contribution is -2.28. The van der Waals surface area contributed by atoms with Crippen molar-refractivity contribution >= 4 is 5.78 Å². The first-order valence-electron chi connectivity index (χ1n) is 7.14. The summed E-state index contributed by atoms with van der Waals surface area (Å²) in [6, 6.07) is 4.03. The largest absolute Gasteiger partial charge is 0.350 e. The summed E-state index contributed by atoms with van der Waals surface area (Å²) in [5.41, 5.74) is 3.42. The second-order valence-corrected chi connectivity index (χ2v) is 6.51. The molecule has 2 aromatic rings. The van der Waals surface area contributed by atoms with Crippen molar-refractivity contribution < 1.29 is 4.79 Å². The van der Waals surface area contributed by atoms with Crippen LogP contribution < -0.4 is 0 Å². The van der Waals surface area contributed by atoms with Crippen molar-refractivity contribution in [3.63, 3.8) is 0 Å². The van der Waals surface area contributed by atoms with Crippen LogP contribution in [0.2, 0.25) is 0 Å². The normalized spacial score (nSPS) is 17.2. The van der Waals surface area contributed by atoms with Gasteiger partial charge in [0.1, 0.15) is 0 Å². The molecular formula is C16H21N3O. The SMILES string of the molecule is Cn1nccc1CCn1ccc2c1CC(C)(C)CC2=O. The number of aromatic nitrogens is 3. The van der Waals surface area contributed by atoms with Gasteiger partial charge in [0.25, 0.3) is 0 Å². The summed E-state index contributed by atoms with van der Waals surface area (Å²) in [6.45, 7) is 5.25. The number of carbonyl (C=O) groups is 1. The van der Waals surface area contributed by atoms with E-state index >= 15 is 0 Å². The molecule has 106 valence electrons. The van der Waals surface area contributed by atoms with Gasteiger partial charge < -0.3 is 4.57 Å². The highest BCUT2D eigenvalue weighted by Crippen LogP contribution is 2.35. The summed E-state index contributed by atoms with van der Waals surface area (Å²) < 4.78 is 4.15. The Kier molecular flexibility index (Phi) is 3.04. The lowest BCUT2D eigenvalue weighted by Gasteiger charge is -2.29. The summed E-state index contributed by atoms with van der Waals surface area (Å²) in [6.07, 6.45) is 6.46. The molecule has 20 heavy (non-hydrogen) atoms. The minimum atomic E-state index is 0.0761. The number of Topliss-reactive ketones (excluding diaryl/α,β-unsaturated/α-hetero) is 1. The lowest BCUT2D eigenvalue weighted by molar-refractivity contribution is 0.0910. The molecule has 0 bridgehead atoms. The number of fused-ring (bicyclic) bond motifs is 1. The molecule has 4 heteroatoms. The number of nitrogens with zero attached hydrogens (tertiary/aromatic N) is 3. The molecule has 0 aromatic carbocycles. The predicted octanol–water partition coefficient (Wildman–Crippen LogP) is 2.62. The molecule has 0 spiro atoms. The Balaban J connectivity index is 1.82. The number of ketones is 1. The number of hydrogen-bond acceptors (Lipinski definition) is 2. The summed E-state index contributed by atoms with van der Waals surface area (Å²) in [5, 5.41) is 4.19. The maximum Gasteiger partial charge on any atom is 0.165 e. The van der Waals surface area contributed by atoms with Crippen LogP contribution in [0.25, 0.3) is 0 Å². The minimum absolute atomic E-state index is 0.0761. The standard InChI is InChI=1S/C16H21N3O/c1-16(2)10-14-13(15(20)11-16)6-9-19(14)8-5-12-4-7-17-18(12)3/h4,6-7,9H,5,8,10-11H2,1-3H3. The minimum Gasteiger partial charge on any atom is -0.350 e. The van der Waals surface area contributed by atoms with Crippen LogP contribution in [-0.4, -0.2) is 20.1 Å². The van der Waals surface area contributed by atoms with Gasteiger partial charge in [0.2, 0.25) is 0 Å². The van der Waals surface area contributed by atoms with Crippen molar-refractivity contribution in [2.45, 2.75) is 39.7 Å². The van der Waals surface area contributed by atoms with Gasteiger partial charge in [0, 0.05) is 55.8 Å². The first-order chi connectivity index (χ1) is 9.46. The van der Waals surface area contributed by atoms with E-state index in [1.807, 2.05) is 30.1 Å². The van der Waals surface area contributed by atoms with E-state index in [1.54, 1.807) is 0 Å². The fraction of sp³-hybridized carbons (Fsp3) is 0.500. The Labute approximate surface area is 119 Å². The number of rotatable bonds is 3. The fourth-order valence-corrected chi connectivity index (χ4v) is 3.09. The number of aryl methyl sites for hydroxylation is 3. The molecule has 0 unspecified atom stereocenters. The molecule has 4 nitrogen and oxygen atoms in total. The molecule has 3 rings (SSSR count). The van der Waals surface area contributed by atoms with Gasteiger partial charge in [-0.05, 0) is 24.0 Å². The molecule has 0 aliphatic heterocycles. The molecule has 0 fully saturated rings. The summed E-state index contributed by atoms with van der Waals surface area (Å²) in [5.74, 6) is 0.288. The molecule has 0 radical (unpaired) electrons. The molecule has 0 atom stereocenters. The van der Waals surface area contributed by atoms with Gasteiger partial charge in [0.05, 0.1) is 0 Å². The maximum atomic E-state index is 12.2. The third-order valence-electron chi connectivity index (χ3n) is 4.20. The average molecular weight is 271 g/mol. The van der Waals surface area contributed by atoms with E-state index in [-0.39, 0.29) is 11.2 Å². The Morgan fingerprint density at radius 2 is 2.10 bits per heavy atom. The average Bonchev–Trinajstić information content (AvgIpc) is 2.92. The Hall–Kier alpha value is -1.84. The predicted molar refractivity (Wildman–Crippen MR) is 77.8 cm³/mol. The molecule has 1 aliphatic rings. The molecule has 1 aliphatic carbocycles. The zero-order valence-electron chi connectivity index (χ0n) is 12.4. The van der Waals surface area contributed by atoms with E-state index < -0.39 is 0 Å². The van der Waals surface area contributed by atoms with Gasteiger partial charge in [-0.1, -0.05) is 13.8 Å². The molecular weight excluding hydrogens is 250 g/mol. The van der Waals surface area contributed by atoms with Crippen molar-refractivity contribution in [2.75, 3.05) is 0 Å². The highest BCUT2D eigenvalue weighted by molar-refractivity contribution is 5.98. The molecule has 0 saturated carbocycles. The van der Waals surface area contributed by atoms with Crippen LogP contribution in [0, 0.1) is 5.41 Å². The first kappa shape index (κ1) is 13.2. The van der Waals surface area contributed by atoms with Gasteiger partial charge in [-0.15, -0.1) is 0 Å². The molecule has 0 N–H and O–H groups in total. The van der Waals surface area contributed by atoms with E-state index in [0.29, 0.717) is 6.42 Å². The maximum absolute atomic E-state index is 12.2. The monoisotopic (exact) mass is 271 g/mol. The van der Waals surface area contributed by atoms with E-state index in [2.05, 4.69) is 29.7 Å². The van der Waals surface area contributed by atoms with Gasteiger partial charge >= 0.3 is 0 Å². The smallest absolute Gasteiger partial charge is 0.165 e. The Bertz CT molecular complexity index is 648. The molecule has 2 aromatic heterocycles.